The van der Waals surface area contributed by atoms with Gasteiger partial charge in [0, 0.05) is 6.54 Å². The first-order valence-electron chi connectivity index (χ1n) is 9.90. The van der Waals surface area contributed by atoms with E-state index in [0.29, 0.717) is 18.7 Å². The number of benzene rings is 2. The first-order valence-corrected chi connectivity index (χ1v) is 9.90. The van der Waals surface area contributed by atoms with Crippen LogP contribution in [0.1, 0.15) is 30.0 Å². The van der Waals surface area contributed by atoms with Crippen molar-refractivity contribution in [3.05, 3.63) is 59.2 Å². The number of methoxy groups -OCH3 is 1. The van der Waals surface area contributed by atoms with Crippen LogP contribution in [0.15, 0.2) is 42.5 Å². The molecule has 0 unspecified atom stereocenters. The van der Waals surface area contributed by atoms with Gasteiger partial charge in [-0.15, -0.1) is 0 Å². The normalized spacial score (nSPS) is 13.3. The summed E-state index contributed by atoms with van der Waals surface area (Å²) in [5.41, 5.74) is 3.71. The van der Waals surface area contributed by atoms with E-state index >= 15 is 0 Å². The Morgan fingerprint density at radius 2 is 1.76 bits per heavy atom. The molecular weight excluding hydrogens is 370 g/mol. The lowest BCUT2D eigenvalue weighted by molar-refractivity contribution is -0.156. The molecule has 1 aliphatic rings. The van der Waals surface area contributed by atoms with Crippen LogP contribution in [0.4, 0.5) is 0 Å². The quantitative estimate of drug-likeness (QED) is 0.659. The Balaban J connectivity index is 1.36. The summed E-state index contributed by atoms with van der Waals surface area (Å²) in [7, 11) is 1.62. The van der Waals surface area contributed by atoms with E-state index in [-0.39, 0.29) is 12.5 Å². The van der Waals surface area contributed by atoms with Crippen LogP contribution in [-0.2, 0) is 33.6 Å². The van der Waals surface area contributed by atoms with Gasteiger partial charge in [0.1, 0.15) is 11.5 Å². The second kappa shape index (κ2) is 9.96. The lowest BCUT2D eigenvalue weighted by Gasteiger charge is -2.14. The van der Waals surface area contributed by atoms with E-state index in [1.165, 1.54) is 11.1 Å². The van der Waals surface area contributed by atoms with Crippen LogP contribution < -0.4 is 14.8 Å². The second-order valence-corrected chi connectivity index (χ2v) is 7.09. The first-order chi connectivity index (χ1) is 14.0. The molecule has 0 radical (unpaired) electrons. The van der Waals surface area contributed by atoms with Crippen LogP contribution in [-0.4, -0.2) is 38.2 Å². The molecule has 0 heterocycles. The van der Waals surface area contributed by atoms with Crippen molar-refractivity contribution in [3.63, 3.8) is 0 Å². The van der Waals surface area contributed by atoms with Gasteiger partial charge in [0.05, 0.1) is 7.11 Å². The van der Waals surface area contributed by atoms with Crippen molar-refractivity contribution in [2.45, 2.75) is 38.7 Å². The van der Waals surface area contributed by atoms with Crippen molar-refractivity contribution < 1.29 is 23.8 Å². The van der Waals surface area contributed by atoms with Gasteiger partial charge in [-0.1, -0.05) is 18.2 Å². The van der Waals surface area contributed by atoms with E-state index in [4.69, 9.17) is 14.2 Å². The van der Waals surface area contributed by atoms with Crippen molar-refractivity contribution in [1.82, 2.24) is 5.32 Å². The molecule has 154 valence electrons. The van der Waals surface area contributed by atoms with E-state index in [2.05, 4.69) is 5.32 Å². The van der Waals surface area contributed by atoms with Crippen LogP contribution in [0.25, 0.3) is 0 Å². The molecule has 2 aromatic rings. The average Bonchev–Trinajstić information content (AvgIpc) is 3.20. The van der Waals surface area contributed by atoms with Crippen molar-refractivity contribution in [2.24, 2.45) is 0 Å². The summed E-state index contributed by atoms with van der Waals surface area (Å²) in [5, 5.41) is 2.78. The minimum Gasteiger partial charge on any atom is -0.497 e. The van der Waals surface area contributed by atoms with E-state index in [0.717, 1.165) is 30.6 Å². The Labute approximate surface area is 171 Å². The van der Waals surface area contributed by atoms with Gasteiger partial charge >= 0.3 is 5.97 Å². The summed E-state index contributed by atoms with van der Waals surface area (Å²) in [6.07, 6.45) is 3.11. The van der Waals surface area contributed by atoms with E-state index < -0.39 is 12.1 Å². The topological polar surface area (TPSA) is 73.9 Å². The Bertz CT molecular complexity index is 847. The molecule has 0 bridgehead atoms. The highest BCUT2D eigenvalue weighted by molar-refractivity contribution is 5.83. The molecule has 0 aromatic heterocycles. The van der Waals surface area contributed by atoms with Crippen molar-refractivity contribution in [1.29, 1.82) is 0 Å². The summed E-state index contributed by atoms with van der Waals surface area (Å²) < 4.78 is 15.8. The third-order valence-electron chi connectivity index (χ3n) is 4.98. The van der Waals surface area contributed by atoms with Crippen molar-refractivity contribution in [3.8, 4) is 11.5 Å². The monoisotopic (exact) mass is 397 g/mol. The number of ether oxygens (including phenoxy) is 3. The Morgan fingerprint density at radius 1 is 1.03 bits per heavy atom. The molecule has 0 saturated heterocycles. The minimum absolute atomic E-state index is 0.220. The van der Waals surface area contributed by atoms with Gasteiger partial charge in [0.15, 0.2) is 12.7 Å². The van der Waals surface area contributed by atoms with Gasteiger partial charge in [-0.3, -0.25) is 4.79 Å². The maximum atomic E-state index is 12.1. The van der Waals surface area contributed by atoms with Gasteiger partial charge in [-0.2, -0.15) is 0 Å². The lowest BCUT2D eigenvalue weighted by Crippen LogP contribution is -2.37. The molecule has 6 heteroatoms. The Morgan fingerprint density at radius 3 is 2.52 bits per heavy atom. The number of aryl methyl sites for hydroxylation is 2. The zero-order chi connectivity index (χ0) is 20.6. The van der Waals surface area contributed by atoms with E-state index in [1.54, 1.807) is 14.0 Å². The largest absolute Gasteiger partial charge is 0.497 e. The minimum atomic E-state index is -0.873. The number of hydrogen-bond acceptors (Lipinski definition) is 5. The smallest absolute Gasteiger partial charge is 0.344 e. The zero-order valence-corrected chi connectivity index (χ0v) is 16.9. The van der Waals surface area contributed by atoms with E-state index in [9.17, 15) is 9.59 Å². The number of esters is 1. The highest BCUT2D eigenvalue weighted by Crippen LogP contribution is 2.26. The molecule has 2 aromatic carbocycles. The number of nitrogens with one attached hydrogen (secondary N) is 1. The molecule has 1 N–H and O–H groups in total. The fourth-order valence-corrected chi connectivity index (χ4v) is 3.33. The summed E-state index contributed by atoms with van der Waals surface area (Å²) in [4.78, 5) is 24.1. The molecule has 1 amide bonds. The number of carbonyl (C=O) groups excluding carboxylic acids is 2. The van der Waals surface area contributed by atoms with Crippen LogP contribution in [0.3, 0.4) is 0 Å². The molecular formula is C23H27NO5. The Kier molecular flexibility index (Phi) is 7.11. The molecule has 29 heavy (non-hydrogen) atoms. The number of amides is 1. The van der Waals surface area contributed by atoms with Crippen LogP contribution >= 0.6 is 0 Å². The molecule has 0 saturated carbocycles. The van der Waals surface area contributed by atoms with E-state index in [1.807, 2.05) is 42.5 Å². The maximum Gasteiger partial charge on any atom is 0.344 e. The molecule has 0 spiro atoms. The lowest BCUT2D eigenvalue weighted by atomic mass is 10.1. The average molecular weight is 397 g/mol. The third kappa shape index (κ3) is 5.98. The summed E-state index contributed by atoms with van der Waals surface area (Å²) in [5.74, 6) is 0.548. The van der Waals surface area contributed by atoms with Gasteiger partial charge in [-0.05, 0) is 73.6 Å². The molecule has 1 atom stereocenters. The molecule has 6 nitrogen and oxygen atoms in total. The van der Waals surface area contributed by atoms with Crippen LogP contribution in [0.2, 0.25) is 0 Å². The van der Waals surface area contributed by atoms with Gasteiger partial charge < -0.3 is 19.5 Å². The number of fused-ring (bicyclic) bond motifs is 1. The summed E-state index contributed by atoms with van der Waals surface area (Å²) in [6.45, 7) is 1.79. The van der Waals surface area contributed by atoms with Crippen LogP contribution in [0.5, 0.6) is 11.5 Å². The van der Waals surface area contributed by atoms with Gasteiger partial charge in [-0.25, -0.2) is 4.79 Å². The Hall–Kier alpha value is -3.02. The molecule has 0 fully saturated rings. The number of hydrogen-bond donors (Lipinski definition) is 1. The predicted molar refractivity (Wildman–Crippen MR) is 109 cm³/mol. The predicted octanol–water partition coefficient (Wildman–Crippen LogP) is 2.85. The highest BCUT2D eigenvalue weighted by Gasteiger charge is 2.18. The number of rotatable bonds is 9. The maximum absolute atomic E-state index is 12.1. The SMILES string of the molecule is COc1ccc(CCNC(=O)[C@@H](C)OC(=O)COc2ccc3c(c2)CCC3)cc1. The summed E-state index contributed by atoms with van der Waals surface area (Å²) >= 11 is 0. The molecule has 0 aliphatic heterocycles. The van der Waals surface area contributed by atoms with Crippen LogP contribution in [0, 0.1) is 0 Å². The standard InChI is InChI=1S/C23H27NO5/c1-16(23(26)24-13-12-17-6-9-20(27-2)10-7-17)29-22(25)15-28-21-11-8-18-4-3-5-19(18)14-21/h6-11,14,16H,3-5,12-13,15H2,1-2H3,(H,24,26)/t16-/m1/s1. The van der Waals surface area contributed by atoms with Gasteiger partial charge in [0.2, 0.25) is 0 Å². The van der Waals surface area contributed by atoms with Gasteiger partial charge in [0.25, 0.3) is 5.91 Å². The summed E-state index contributed by atoms with van der Waals surface area (Å²) in [6, 6.07) is 13.5. The molecule has 1 aliphatic carbocycles. The highest BCUT2D eigenvalue weighted by atomic mass is 16.6. The fraction of sp³-hybridized carbons (Fsp3) is 0.391. The second-order valence-electron chi connectivity index (χ2n) is 7.09. The fourth-order valence-electron chi connectivity index (χ4n) is 3.33. The van der Waals surface area contributed by atoms with Crippen molar-refractivity contribution in [2.75, 3.05) is 20.3 Å². The molecule has 3 rings (SSSR count). The number of carbonyl (C=O) groups is 2. The third-order valence-corrected chi connectivity index (χ3v) is 4.98. The van der Waals surface area contributed by atoms with Crippen molar-refractivity contribution >= 4 is 11.9 Å². The zero-order valence-electron chi connectivity index (χ0n) is 16.9. The first kappa shape index (κ1) is 20.7.